The molecule has 2 rings (SSSR count). The highest BCUT2D eigenvalue weighted by Crippen LogP contribution is 2.34. The number of benzene rings is 1. The summed E-state index contributed by atoms with van der Waals surface area (Å²) >= 11 is 7.75. The molecular weight excluding hydrogens is 357 g/mol. The molecule has 1 aromatic carbocycles. The number of amides is 1. The Morgan fingerprint density at radius 1 is 1.48 bits per heavy atom. The Hall–Kier alpha value is -1.38. The number of carbonyl (C=O) groups is 2. The van der Waals surface area contributed by atoms with Crippen LogP contribution in [0.15, 0.2) is 29.2 Å². The molecule has 0 aromatic heterocycles. The van der Waals surface area contributed by atoms with Crippen molar-refractivity contribution >= 4 is 58.0 Å². The van der Waals surface area contributed by atoms with Gasteiger partial charge in [0.1, 0.15) is 16.2 Å². The van der Waals surface area contributed by atoms with Gasteiger partial charge >= 0.3 is 5.97 Å². The summed E-state index contributed by atoms with van der Waals surface area (Å²) in [6.07, 6.45) is 3.79. The first kappa shape index (κ1) is 18.0. The van der Waals surface area contributed by atoms with Gasteiger partial charge in [-0.2, -0.15) is 11.8 Å². The predicted octanol–water partition coefficient (Wildman–Crippen LogP) is 3.23. The van der Waals surface area contributed by atoms with E-state index in [-0.39, 0.29) is 10.1 Å². The lowest BCUT2D eigenvalue weighted by Crippen LogP contribution is -2.44. The van der Waals surface area contributed by atoms with Crippen LogP contribution in [0.1, 0.15) is 12.0 Å². The van der Waals surface area contributed by atoms with Gasteiger partial charge in [-0.1, -0.05) is 36.1 Å². The molecule has 23 heavy (non-hydrogen) atoms. The van der Waals surface area contributed by atoms with E-state index in [0.29, 0.717) is 22.6 Å². The van der Waals surface area contributed by atoms with Crippen molar-refractivity contribution in [1.29, 1.82) is 0 Å². The van der Waals surface area contributed by atoms with Crippen LogP contribution >= 0.6 is 35.7 Å². The van der Waals surface area contributed by atoms with E-state index >= 15 is 0 Å². The van der Waals surface area contributed by atoms with Gasteiger partial charge in [0.2, 0.25) is 0 Å². The zero-order valence-electron chi connectivity index (χ0n) is 12.2. The van der Waals surface area contributed by atoms with Crippen LogP contribution in [0.3, 0.4) is 0 Å². The van der Waals surface area contributed by atoms with Crippen LogP contribution in [-0.2, 0) is 9.59 Å². The number of thioether (sulfide) groups is 2. The van der Waals surface area contributed by atoms with Gasteiger partial charge in [0.15, 0.2) is 0 Å². The van der Waals surface area contributed by atoms with Crippen molar-refractivity contribution in [3.05, 3.63) is 40.6 Å². The fourth-order valence-electron chi connectivity index (χ4n) is 2.05. The highest BCUT2D eigenvalue weighted by atomic mass is 32.2. The van der Waals surface area contributed by atoms with E-state index in [1.807, 2.05) is 6.26 Å². The molecule has 1 aliphatic heterocycles. The van der Waals surface area contributed by atoms with E-state index in [2.05, 4.69) is 0 Å². The number of nitrogens with zero attached hydrogens (tertiary/aromatic N) is 1. The monoisotopic (exact) mass is 371 g/mol. The summed E-state index contributed by atoms with van der Waals surface area (Å²) in [5, 5.41) is 9.37. The molecule has 1 fully saturated rings. The van der Waals surface area contributed by atoms with E-state index < -0.39 is 17.9 Å². The number of hydrogen-bond donors (Lipinski definition) is 1. The van der Waals surface area contributed by atoms with E-state index in [0.717, 1.165) is 16.7 Å². The Bertz CT molecular complexity index is 660. The first-order valence-corrected chi connectivity index (χ1v) is 9.30. The maximum atomic E-state index is 12.9. The van der Waals surface area contributed by atoms with E-state index in [9.17, 15) is 19.1 Å². The highest BCUT2D eigenvalue weighted by Gasteiger charge is 2.40. The molecule has 1 unspecified atom stereocenters. The van der Waals surface area contributed by atoms with Crippen LogP contribution in [0.25, 0.3) is 6.08 Å². The van der Waals surface area contributed by atoms with Crippen LogP contribution in [0.4, 0.5) is 4.39 Å². The Labute approximate surface area is 147 Å². The molecule has 1 amide bonds. The number of rotatable bonds is 6. The minimum Gasteiger partial charge on any atom is -0.480 e. The minimum atomic E-state index is -1.07. The van der Waals surface area contributed by atoms with Crippen molar-refractivity contribution < 1.29 is 19.1 Å². The molecule has 0 saturated carbocycles. The van der Waals surface area contributed by atoms with Crippen LogP contribution in [0.2, 0.25) is 0 Å². The molecule has 0 radical (unpaired) electrons. The van der Waals surface area contributed by atoms with Gasteiger partial charge in [-0.15, -0.1) is 0 Å². The van der Waals surface area contributed by atoms with Gasteiger partial charge in [0.05, 0.1) is 4.91 Å². The van der Waals surface area contributed by atoms with Crippen LogP contribution < -0.4 is 0 Å². The number of hydrogen-bond acceptors (Lipinski definition) is 5. The van der Waals surface area contributed by atoms with E-state index in [4.69, 9.17) is 12.2 Å². The maximum absolute atomic E-state index is 12.9. The highest BCUT2D eigenvalue weighted by molar-refractivity contribution is 8.26. The molecule has 1 saturated heterocycles. The van der Waals surface area contributed by atoms with Crippen LogP contribution in [-0.4, -0.2) is 44.3 Å². The lowest BCUT2D eigenvalue weighted by atomic mass is 10.1. The molecule has 1 aromatic rings. The fraction of sp³-hybridized carbons (Fsp3) is 0.267. The Morgan fingerprint density at radius 3 is 2.70 bits per heavy atom. The lowest BCUT2D eigenvalue weighted by Gasteiger charge is -2.22. The molecule has 1 atom stereocenters. The topological polar surface area (TPSA) is 57.6 Å². The lowest BCUT2D eigenvalue weighted by molar-refractivity contribution is -0.145. The second kappa shape index (κ2) is 7.94. The number of aliphatic carboxylic acids is 1. The normalized spacial score (nSPS) is 17.8. The Balaban J connectivity index is 2.24. The summed E-state index contributed by atoms with van der Waals surface area (Å²) in [6, 6.07) is 4.72. The summed E-state index contributed by atoms with van der Waals surface area (Å²) in [6.45, 7) is 0. The summed E-state index contributed by atoms with van der Waals surface area (Å²) in [4.78, 5) is 25.5. The van der Waals surface area contributed by atoms with Gasteiger partial charge < -0.3 is 5.11 Å². The first-order valence-electron chi connectivity index (χ1n) is 6.68. The summed E-state index contributed by atoms with van der Waals surface area (Å²) in [5.74, 6) is -1.24. The molecule has 8 heteroatoms. The summed E-state index contributed by atoms with van der Waals surface area (Å²) < 4.78 is 13.2. The zero-order chi connectivity index (χ0) is 17.0. The standard InChI is InChI=1S/C15H14FNO3S3/c1-22-7-6-11(14(19)20)17-13(18)12(23-15(17)21)8-9-2-4-10(16)5-3-9/h2-5,8,11H,6-7H2,1H3,(H,19,20). The fourth-order valence-corrected chi connectivity index (χ4v) is 3.87. The van der Waals surface area contributed by atoms with Gasteiger partial charge in [0.25, 0.3) is 5.91 Å². The van der Waals surface area contributed by atoms with Crippen molar-refractivity contribution in [3.63, 3.8) is 0 Å². The third-order valence-corrected chi connectivity index (χ3v) is 5.16. The summed E-state index contributed by atoms with van der Waals surface area (Å²) in [5.41, 5.74) is 0.655. The second-order valence-corrected chi connectivity index (χ2v) is 7.40. The van der Waals surface area contributed by atoms with E-state index in [1.165, 1.54) is 23.9 Å². The van der Waals surface area contributed by atoms with Gasteiger partial charge in [-0.05, 0) is 42.2 Å². The molecule has 122 valence electrons. The molecule has 0 spiro atoms. The molecule has 0 aliphatic carbocycles. The predicted molar refractivity (Wildman–Crippen MR) is 95.8 cm³/mol. The number of thiocarbonyl (C=S) groups is 1. The molecule has 4 nitrogen and oxygen atoms in total. The molecule has 0 bridgehead atoms. The van der Waals surface area contributed by atoms with Crippen LogP contribution in [0, 0.1) is 5.82 Å². The quantitative estimate of drug-likeness (QED) is 0.612. The average Bonchev–Trinajstić information content (AvgIpc) is 2.77. The van der Waals surface area contributed by atoms with Crippen molar-refractivity contribution in [2.24, 2.45) is 0 Å². The third kappa shape index (κ3) is 4.33. The summed E-state index contributed by atoms with van der Waals surface area (Å²) in [7, 11) is 0. The third-order valence-electron chi connectivity index (χ3n) is 3.18. The average molecular weight is 371 g/mol. The molecule has 1 aliphatic rings. The molecular formula is C15H14FNO3S3. The minimum absolute atomic E-state index is 0.233. The number of carbonyl (C=O) groups excluding carboxylic acids is 1. The number of halogens is 1. The van der Waals surface area contributed by atoms with Crippen LogP contribution in [0.5, 0.6) is 0 Å². The van der Waals surface area contributed by atoms with Crippen molar-refractivity contribution in [3.8, 4) is 0 Å². The van der Waals surface area contributed by atoms with Crippen molar-refractivity contribution in [1.82, 2.24) is 4.90 Å². The van der Waals surface area contributed by atoms with Gasteiger partial charge in [-0.3, -0.25) is 9.69 Å². The van der Waals surface area contributed by atoms with Gasteiger partial charge in [0, 0.05) is 0 Å². The van der Waals surface area contributed by atoms with Crippen molar-refractivity contribution in [2.75, 3.05) is 12.0 Å². The van der Waals surface area contributed by atoms with Gasteiger partial charge in [-0.25, -0.2) is 9.18 Å². The first-order chi connectivity index (χ1) is 10.9. The smallest absolute Gasteiger partial charge is 0.326 e. The molecule has 1 heterocycles. The zero-order valence-corrected chi connectivity index (χ0v) is 14.6. The largest absolute Gasteiger partial charge is 0.480 e. The van der Waals surface area contributed by atoms with E-state index in [1.54, 1.807) is 18.2 Å². The SMILES string of the molecule is CSCCC(C(=O)O)N1C(=O)C(=Cc2ccc(F)cc2)SC1=S. The number of carboxylic acid groups (broad SMARTS) is 1. The molecule has 1 N–H and O–H groups in total. The Kier molecular flexibility index (Phi) is 6.20. The Morgan fingerprint density at radius 2 is 2.13 bits per heavy atom. The van der Waals surface area contributed by atoms with Crippen molar-refractivity contribution in [2.45, 2.75) is 12.5 Å². The number of carboxylic acids is 1. The second-order valence-electron chi connectivity index (χ2n) is 4.74. The maximum Gasteiger partial charge on any atom is 0.326 e.